The first-order valence-electron chi connectivity index (χ1n) is 8.54. The van der Waals surface area contributed by atoms with Gasteiger partial charge in [-0.25, -0.2) is 8.78 Å². The number of rotatable bonds is 1. The maximum Gasteiger partial charge on any atom is 0.237 e. The van der Waals surface area contributed by atoms with Crippen molar-refractivity contribution in [3.63, 3.8) is 0 Å². The Bertz CT molecular complexity index is 970. The molecule has 1 amide bonds. The monoisotopic (exact) mass is 391 g/mol. The minimum absolute atomic E-state index is 0.109. The number of H-pyrrole nitrogens is 1. The number of aromatic amines is 1. The second-order valence-electron chi connectivity index (χ2n) is 6.44. The molecule has 1 atom stereocenters. The van der Waals surface area contributed by atoms with Crippen molar-refractivity contribution in [3.8, 4) is 0 Å². The Morgan fingerprint density at radius 2 is 1.96 bits per heavy atom. The van der Waals surface area contributed by atoms with Crippen LogP contribution in [0.1, 0.15) is 16.8 Å². The number of carbonyl (C=O) groups is 1. The first-order chi connectivity index (χ1) is 12.9. The van der Waals surface area contributed by atoms with Gasteiger partial charge in [0.25, 0.3) is 0 Å². The molecule has 0 saturated carbocycles. The molecule has 3 aromatic rings. The topological polar surface area (TPSA) is 56.9 Å². The Hall–Kier alpha value is -2.44. The summed E-state index contributed by atoms with van der Waals surface area (Å²) in [7, 11) is 1.57. The summed E-state index contributed by atoms with van der Waals surface area (Å²) in [5.74, 6) is -1.85. The predicted molar refractivity (Wildman–Crippen MR) is 103 cm³/mol. The molecule has 0 spiro atoms. The molecule has 2 aromatic carbocycles. The van der Waals surface area contributed by atoms with Gasteiger partial charge in [-0.3, -0.25) is 10.1 Å². The van der Waals surface area contributed by atoms with Crippen molar-refractivity contribution in [2.45, 2.75) is 25.9 Å². The van der Waals surface area contributed by atoms with Crippen molar-refractivity contribution in [2.75, 3.05) is 7.05 Å². The third-order valence-corrected chi connectivity index (χ3v) is 4.75. The van der Waals surface area contributed by atoms with E-state index in [-0.39, 0.29) is 11.9 Å². The smallest absolute Gasteiger partial charge is 0.237 e. The number of amides is 1. The second-order valence-corrected chi connectivity index (χ2v) is 6.88. The molecule has 27 heavy (non-hydrogen) atoms. The van der Waals surface area contributed by atoms with Crippen molar-refractivity contribution < 1.29 is 13.6 Å². The van der Waals surface area contributed by atoms with E-state index in [9.17, 15) is 13.6 Å². The average molecular weight is 392 g/mol. The molecule has 142 valence electrons. The lowest BCUT2D eigenvalue weighted by atomic mass is 9.98. The van der Waals surface area contributed by atoms with Crippen molar-refractivity contribution in [2.24, 2.45) is 0 Å². The van der Waals surface area contributed by atoms with Crippen LogP contribution >= 0.6 is 11.6 Å². The fourth-order valence-corrected chi connectivity index (χ4v) is 3.40. The Balaban J connectivity index is 0.000000221. The van der Waals surface area contributed by atoms with Crippen LogP contribution in [0.4, 0.5) is 8.78 Å². The zero-order chi connectivity index (χ0) is 19.6. The van der Waals surface area contributed by atoms with E-state index < -0.39 is 11.6 Å². The number of carbonyl (C=O) groups excluding carboxylic acids is 1. The van der Waals surface area contributed by atoms with Gasteiger partial charge in [0.05, 0.1) is 6.04 Å². The number of hydrogen-bond donors (Lipinski definition) is 3. The second kappa shape index (κ2) is 8.06. The number of likely N-dealkylation sites (N-methyl/N-ethyl adjacent to an activating group) is 1. The van der Waals surface area contributed by atoms with E-state index in [2.05, 4.69) is 15.6 Å². The number of hydrogen-bond acceptors (Lipinski definition) is 2. The highest BCUT2D eigenvalue weighted by Crippen LogP contribution is 2.28. The fraction of sp³-hybridized carbons (Fsp3) is 0.250. The Kier molecular flexibility index (Phi) is 5.77. The average Bonchev–Trinajstić information content (AvgIpc) is 2.98. The normalized spacial score (nSPS) is 15.7. The molecule has 1 aliphatic rings. The van der Waals surface area contributed by atoms with Crippen molar-refractivity contribution in [3.05, 3.63) is 69.9 Å². The van der Waals surface area contributed by atoms with Crippen molar-refractivity contribution in [1.82, 2.24) is 15.6 Å². The molecule has 0 bridgehead atoms. The van der Waals surface area contributed by atoms with Crippen molar-refractivity contribution in [1.29, 1.82) is 0 Å². The molecule has 4 rings (SSSR count). The van der Waals surface area contributed by atoms with E-state index in [1.807, 2.05) is 31.2 Å². The Morgan fingerprint density at radius 1 is 1.22 bits per heavy atom. The first-order valence-corrected chi connectivity index (χ1v) is 8.92. The highest BCUT2D eigenvalue weighted by molar-refractivity contribution is 6.30. The molecular formula is C20H20ClF2N3O. The van der Waals surface area contributed by atoms with E-state index in [0.717, 1.165) is 22.3 Å². The third-order valence-electron chi connectivity index (χ3n) is 4.51. The van der Waals surface area contributed by atoms with E-state index in [1.54, 1.807) is 7.05 Å². The molecule has 0 fully saturated rings. The highest BCUT2D eigenvalue weighted by Gasteiger charge is 2.26. The van der Waals surface area contributed by atoms with Crippen LogP contribution in [-0.4, -0.2) is 24.0 Å². The summed E-state index contributed by atoms with van der Waals surface area (Å²) >= 11 is 5.64. The summed E-state index contributed by atoms with van der Waals surface area (Å²) in [4.78, 5) is 14.7. The number of aromatic nitrogens is 1. The van der Waals surface area contributed by atoms with Crippen LogP contribution in [0, 0.1) is 18.6 Å². The Labute approximate surface area is 160 Å². The summed E-state index contributed by atoms with van der Waals surface area (Å²) in [6.45, 7) is 2.50. The van der Waals surface area contributed by atoms with Gasteiger partial charge in [-0.15, -0.1) is 0 Å². The van der Waals surface area contributed by atoms with Crippen LogP contribution in [0.25, 0.3) is 10.9 Å². The molecule has 1 unspecified atom stereocenters. The molecule has 3 N–H and O–H groups in total. The molecule has 0 saturated heterocycles. The summed E-state index contributed by atoms with van der Waals surface area (Å²) in [6.07, 6.45) is 0.458. The molecule has 0 radical (unpaired) electrons. The molecular weight excluding hydrogens is 372 g/mol. The summed E-state index contributed by atoms with van der Waals surface area (Å²) in [6, 6.07) is 9.76. The van der Waals surface area contributed by atoms with Gasteiger partial charge in [-0.2, -0.15) is 0 Å². The van der Waals surface area contributed by atoms with E-state index in [4.69, 9.17) is 11.6 Å². The zero-order valence-corrected chi connectivity index (χ0v) is 15.8. The lowest BCUT2D eigenvalue weighted by Gasteiger charge is -2.22. The minimum Gasteiger partial charge on any atom is -0.358 e. The summed E-state index contributed by atoms with van der Waals surface area (Å²) < 4.78 is 26.5. The molecule has 4 nitrogen and oxygen atoms in total. The highest BCUT2D eigenvalue weighted by atomic mass is 35.5. The quantitative estimate of drug-likeness (QED) is 0.590. The van der Waals surface area contributed by atoms with Gasteiger partial charge < -0.3 is 10.3 Å². The Morgan fingerprint density at radius 3 is 2.59 bits per heavy atom. The van der Waals surface area contributed by atoms with Gasteiger partial charge in [0.2, 0.25) is 5.91 Å². The number of aryl methyl sites for hydroxylation is 1. The van der Waals surface area contributed by atoms with E-state index in [1.165, 1.54) is 11.6 Å². The largest absolute Gasteiger partial charge is 0.358 e. The maximum absolute atomic E-state index is 13.3. The molecule has 0 aliphatic carbocycles. The van der Waals surface area contributed by atoms with Gasteiger partial charge in [-0.1, -0.05) is 23.7 Å². The molecule has 1 aliphatic heterocycles. The standard InChI is InChI=1S/C13H13F2N3O.C7H7Cl/c1-16-13(19)11-3-7-6-2-8(14)9(15)4-10(6)18-12(7)5-17-11;1-6-3-2-4-7(8)5-6/h2,4,11,17-18H,3,5H2,1H3,(H,16,19);2-5H,1H3. The minimum atomic E-state index is -0.873. The number of nitrogens with one attached hydrogen (secondary N) is 3. The van der Waals surface area contributed by atoms with Crippen LogP contribution in [0.5, 0.6) is 0 Å². The van der Waals surface area contributed by atoms with Gasteiger partial charge >= 0.3 is 0 Å². The fourth-order valence-electron chi connectivity index (χ4n) is 3.15. The van der Waals surface area contributed by atoms with E-state index in [0.29, 0.717) is 23.9 Å². The van der Waals surface area contributed by atoms with Crippen LogP contribution < -0.4 is 10.6 Å². The summed E-state index contributed by atoms with van der Waals surface area (Å²) in [5.41, 5.74) is 3.52. The summed E-state index contributed by atoms with van der Waals surface area (Å²) in [5, 5.41) is 7.12. The lowest BCUT2D eigenvalue weighted by Crippen LogP contribution is -2.46. The number of benzene rings is 2. The van der Waals surface area contributed by atoms with Gasteiger partial charge in [0.1, 0.15) is 0 Å². The molecule has 1 aromatic heterocycles. The first kappa shape index (κ1) is 19.3. The van der Waals surface area contributed by atoms with Crippen molar-refractivity contribution >= 4 is 28.4 Å². The van der Waals surface area contributed by atoms with Gasteiger partial charge in [-0.05, 0) is 42.7 Å². The van der Waals surface area contributed by atoms with E-state index >= 15 is 0 Å². The molecule has 2 heterocycles. The lowest BCUT2D eigenvalue weighted by molar-refractivity contribution is -0.122. The SMILES string of the molecule is CNC(=O)C1Cc2c([nH]c3cc(F)c(F)cc23)CN1.Cc1cccc(Cl)c1. The zero-order valence-electron chi connectivity index (χ0n) is 15.0. The predicted octanol–water partition coefficient (Wildman–Crippen LogP) is 3.85. The van der Waals surface area contributed by atoms with Crippen LogP contribution in [0.2, 0.25) is 5.02 Å². The molecule has 7 heteroatoms. The van der Waals surface area contributed by atoms with Gasteiger partial charge in [0, 0.05) is 41.3 Å². The van der Waals surface area contributed by atoms with Crippen LogP contribution in [0.3, 0.4) is 0 Å². The van der Waals surface area contributed by atoms with Crippen LogP contribution in [-0.2, 0) is 17.8 Å². The van der Waals surface area contributed by atoms with Crippen LogP contribution in [0.15, 0.2) is 36.4 Å². The number of halogens is 3. The maximum atomic E-state index is 13.3. The number of fused-ring (bicyclic) bond motifs is 3. The van der Waals surface area contributed by atoms with Gasteiger partial charge in [0.15, 0.2) is 11.6 Å². The third kappa shape index (κ3) is 4.28.